The molecule has 0 fully saturated rings. The summed E-state index contributed by atoms with van der Waals surface area (Å²) in [5, 5.41) is 0. The molecule has 0 aliphatic rings. The quantitative estimate of drug-likeness (QED) is 0.409. The lowest BCUT2D eigenvalue weighted by Gasteiger charge is -2.07. The largest absolute Gasteiger partial charge is 0.355 e. The second-order valence-corrected chi connectivity index (χ2v) is 1.64. The predicted octanol–water partition coefficient (Wildman–Crippen LogP) is 0.399. The molecule has 0 amide bonds. The molecule has 0 bridgehead atoms. The van der Waals surface area contributed by atoms with E-state index in [-0.39, 0.29) is 12.2 Å². The van der Waals surface area contributed by atoms with Gasteiger partial charge in [0.05, 0.1) is 0 Å². The van der Waals surface area contributed by atoms with Gasteiger partial charge in [-0.2, -0.15) is 0 Å². The summed E-state index contributed by atoms with van der Waals surface area (Å²) >= 11 is 0. The van der Waals surface area contributed by atoms with Gasteiger partial charge in [-0.25, -0.2) is 4.79 Å². The van der Waals surface area contributed by atoms with Gasteiger partial charge in [0, 0.05) is 14.2 Å². The zero-order valence-corrected chi connectivity index (χ0v) is 5.72. The number of hydrogen-bond acceptors (Lipinski definition) is 3. The van der Waals surface area contributed by atoms with Crippen LogP contribution in [0.1, 0.15) is 6.42 Å². The van der Waals surface area contributed by atoms with Crippen LogP contribution < -0.4 is 0 Å². The smallest absolute Gasteiger partial charge is 0.308 e. The van der Waals surface area contributed by atoms with Crippen LogP contribution in [0, 0.1) is 6.92 Å². The lowest BCUT2D eigenvalue weighted by molar-refractivity contribution is -0.133. The van der Waals surface area contributed by atoms with E-state index >= 15 is 0 Å². The molecule has 3 heteroatoms. The van der Waals surface area contributed by atoms with Crippen molar-refractivity contribution in [1.82, 2.24) is 0 Å². The van der Waals surface area contributed by atoms with Crippen LogP contribution in [0.5, 0.6) is 0 Å². The van der Waals surface area contributed by atoms with Gasteiger partial charge in [-0.1, -0.05) is 0 Å². The number of rotatable bonds is 4. The molecular formula is C6H11O3+. The van der Waals surface area contributed by atoms with Crippen molar-refractivity contribution >= 4 is 5.78 Å². The highest BCUT2D eigenvalue weighted by Crippen LogP contribution is 1.96. The van der Waals surface area contributed by atoms with Crippen molar-refractivity contribution in [2.75, 3.05) is 14.2 Å². The van der Waals surface area contributed by atoms with E-state index in [1.807, 2.05) is 0 Å². The summed E-state index contributed by atoms with van der Waals surface area (Å²) in [7, 11) is 2.97. The second kappa shape index (κ2) is 4.35. The van der Waals surface area contributed by atoms with Gasteiger partial charge in [-0.3, -0.25) is 0 Å². The summed E-state index contributed by atoms with van der Waals surface area (Å²) in [6.07, 6.45) is -0.220. The third-order valence-corrected chi connectivity index (χ3v) is 0.920. The van der Waals surface area contributed by atoms with Crippen LogP contribution in [0.15, 0.2) is 0 Å². The van der Waals surface area contributed by atoms with Crippen LogP contribution in [-0.2, 0) is 14.3 Å². The van der Waals surface area contributed by atoms with Crippen molar-refractivity contribution < 1.29 is 14.3 Å². The topological polar surface area (TPSA) is 35.5 Å². The standard InChI is InChI=1S/C6H11O3/c1-5(7)4-6(8-2)9-3/h6H,1,4H2,2-3H3/q+1. The fourth-order valence-corrected chi connectivity index (χ4v) is 0.449. The molecule has 0 spiro atoms. The van der Waals surface area contributed by atoms with Crippen LogP contribution in [-0.4, -0.2) is 26.3 Å². The monoisotopic (exact) mass is 131 g/mol. The number of carbonyl (C=O) groups excluding carboxylic acids is 1. The Bertz CT molecular complexity index is 86.3. The minimum Gasteiger partial charge on any atom is -0.355 e. The molecule has 0 saturated heterocycles. The van der Waals surface area contributed by atoms with Gasteiger partial charge in [0.15, 0.2) is 6.29 Å². The summed E-state index contributed by atoms with van der Waals surface area (Å²) in [5.74, 6) is -0.177. The first-order chi connectivity index (χ1) is 4.20. The Morgan fingerprint density at radius 1 is 1.56 bits per heavy atom. The number of hydrogen-bond donors (Lipinski definition) is 0. The zero-order valence-electron chi connectivity index (χ0n) is 5.72. The van der Waals surface area contributed by atoms with E-state index in [1.54, 1.807) is 0 Å². The van der Waals surface area contributed by atoms with Crippen LogP contribution in [0.2, 0.25) is 0 Å². The first-order valence-corrected chi connectivity index (χ1v) is 2.61. The van der Waals surface area contributed by atoms with Gasteiger partial charge in [0.25, 0.3) is 0 Å². The summed E-state index contributed by atoms with van der Waals surface area (Å²) in [4.78, 5) is 10.3. The molecule has 0 atom stereocenters. The number of carbonyl (C=O) groups is 1. The van der Waals surface area contributed by atoms with Gasteiger partial charge < -0.3 is 9.47 Å². The van der Waals surface area contributed by atoms with E-state index in [4.69, 9.17) is 9.47 Å². The molecule has 9 heavy (non-hydrogen) atoms. The number of ketones is 1. The number of ether oxygens (including phenoxy) is 2. The molecule has 0 N–H and O–H groups in total. The van der Waals surface area contributed by atoms with E-state index in [2.05, 4.69) is 6.92 Å². The fraction of sp³-hybridized carbons (Fsp3) is 0.667. The maximum absolute atomic E-state index is 10.3. The third-order valence-electron chi connectivity index (χ3n) is 0.920. The van der Waals surface area contributed by atoms with Crippen LogP contribution in [0.4, 0.5) is 0 Å². The summed E-state index contributed by atoms with van der Waals surface area (Å²) in [5.41, 5.74) is 0. The molecule has 0 aliphatic carbocycles. The molecule has 0 aromatic heterocycles. The Labute approximate surface area is 55.0 Å². The minimum atomic E-state index is -0.435. The average Bonchev–Trinajstić information content (AvgIpc) is 1.82. The van der Waals surface area contributed by atoms with Crippen molar-refractivity contribution in [3.63, 3.8) is 0 Å². The zero-order chi connectivity index (χ0) is 7.28. The molecular weight excluding hydrogens is 120 g/mol. The average molecular weight is 131 g/mol. The Morgan fingerprint density at radius 2 is 2.00 bits per heavy atom. The van der Waals surface area contributed by atoms with Crippen molar-refractivity contribution in [2.24, 2.45) is 0 Å². The summed E-state index contributed by atoms with van der Waals surface area (Å²) in [6, 6.07) is 0. The highest BCUT2D eigenvalue weighted by atomic mass is 16.7. The Balaban J connectivity index is 3.43. The molecule has 3 nitrogen and oxygen atoms in total. The molecule has 0 heterocycles. The van der Waals surface area contributed by atoms with Crippen molar-refractivity contribution in [3.8, 4) is 0 Å². The lowest BCUT2D eigenvalue weighted by atomic mass is 10.3. The second-order valence-electron chi connectivity index (χ2n) is 1.64. The van der Waals surface area contributed by atoms with Crippen molar-refractivity contribution in [2.45, 2.75) is 12.7 Å². The minimum absolute atomic E-state index is 0.177. The number of methoxy groups -OCH3 is 2. The van der Waals surface area contributed by atoms with Crippen LogP contribution in [0.25, 0.3) is 0 Å². The Hall–Kier alpha value is -0.540. The van der Waals surface area contributed by atoms with E-state index in [0.29, 0.717) is 0 Å². The molecule has 0 aliphatic heterocycles. The first kappa shape index (κ1) is 8.46. The molecule has 0 aromatic rings. The van der Waals surface area contributed by atoms with Gasteiger partial charge in [0.1, 0.15) is 13.3 Å². The number of Topliss-reactive ketones (excluding diaryl/α,β-unsaturated/α-hetero) is 1. The van der Waals surface area contributed by atoms with E-state index < -0.39 is 6.29 Å². The van der Waals surface area contributed by atoms with Crippen molar-refractivity contribution in [3.05, 3.63) is 6.92 Å². The highest BCUT2D eigenvalue weighted by molar-refractivity contribution is 5.82. The third kappa shape index (κ3) is 4.00. The molecule has 0 radical (unpaired) electrons. The van der Waals surface area contributed by atoms with Crippen LogP contribution in [0.3, 0.4) is 0 Å². The van der Waals surface area contributed by atoms with Gasteiger partial charge in [-0.15, -0.1) is 0 Å². The lowest BCUT2D eigenvalue weighted by Crippen LogP contribution is -2.16. The molecule has 0 unspecified atom stereocenters. The molecule has 0 saturated carbocycles. The maximum atomic E-state index is 10.3. The van der Waals surface area contributed by atoms with Gasteiger partial charge in [0.2, 0.25) is 0 Å². The van der Waals surface area contributed by atoms with Crippen LogP contribution >= 0.6 is 0 Å². The normalized spacial score (nSPS) is 10.1. The molecule has 0 aromatic carbocycles. The van der Waals surface area contributed by atoms with Gasteiger partial charge >= 0.3 is 5.78 Å². The van der Waals surface area contributed by atoms with E-state index in [1.165, 1.54) is 14.2 Å². The van der Waals surface area contributed by atoms with Crippen molar-refractivity contribution in [1.29, 1.82) is 0 Å². The predicted molar refractivity (Wildman–Crippen MR) is 32.8 cm³/mol. The molecule has 0 rings (SSSR count). The Morgan fingerprint density at radius 3 is 2.11 bits per heavy atom. The fourth-order valence-electron chi connectivity index (χ4n) is 0.449. The highest BCUT2D eigenvalue weighted by Gasteiger charge is 2.11. The SMILES string of the molecule is [CH2+]C(=O)CC(OC)OC. The van der Waals surface area contributed by atoms with Gasteiger partial charge in [-0.05, 0) is 0 Å². The first-order valence-electron chi connectivity index (χ1n) is 2.61. The van der Waals surface area contributed by atoms with E-state index in [9.17, 15) is 4.79 Å². The summed E-state index contributed by atoms with van der Waals surface area (Å²) in [6.45, 7) is 3.18. The summed E-state index contributed by atoms with van der Waals surface area (Å²) < 4.78 is 9.45. The molecule has 52 valence electrons. The maximum Gasteiger partial charge on any atom is 0.308 e. The van der Waals surface area contributed by atoms with E-state index in [0.717, 1.165) is 0 Å². The Kier molecular flexibility index (Phi) is 4.09.